The summed E-state index contributed by atoms with van der Waals surface area (Å²) in [6, 6.07) is 16.5. The maximum atomic E-state index is 5.50. The first kappa shape index (κ1) is 18.3. The van der Waals surface area contributed by atoms with Gasteiger partial charge in [-0.05, 0) is 61.3 Å². The van der Waals surface area contributed by atoms with Gasteiger partial charge in [0.25, 0.3) is 0 Å². The predicted octanol–water partition coefficient (Wildman–Crippen LogP) is 5.08. The third-order valence-corrected chi connectivity index (χ3v) is 4.06. The van der Waals surface area contributed by atoms with E-state index in [4.69, 9.17) is 17.0 Å². The highest BCUT2D eigenvalue weighted by Crippen LogP contribution is 2.24. The van der Waals surface area contributed by atoms with E-state index in [0.29, 0.717) is 11.0 Å². The van der Waals surface area contributed by atoms with Gasteiger partial charge in [0.05, 0.1) is 13.2 Å². The lowest BCUT2D eigenvalue weighted by atomic mass is 9.97. The summed E-state index contributed by atoms with van der Waals surface area (Å²) in [5.74, 6) is 1.43. The van der Waals surface area contributed by atoms with Crippen molar-refractivity contribution in [1.29, 1.82) is 0 Å². The molecule has 0 amide bonds. The molecular formula is C20H26N2OS. The van der Waals surface area contributed by atoms with E-state index in [1.54, 1.807) is 7.11 Å². The molecular weight excluding hydrogens is 316 g/mol. The van der Waals surface area contributed by atoms with Crippen LogP contribution in [-0.4, -0.2) is 12.2 Å². The van der Waals surface area contributed by atoms with Crippen molar-refractivity contribution in [2.75, 3.05) is 12.4 Å². The molecule has 2 aromatic carbocycles. The summed E-state index contributed by atoms with van der Waals surface area (Å²) in [7, 11) is 1.68. The molecule has 0 fully saturated rings. The van der Waals surface area contributed by atoms with Crippen molar-refractivity contribution in [2.24, 2.45) is 5.92 Å². The zero-order valence-corrected chi connectivity index (χ0v) is 15.6. The van der Waals surface area contributed by atoms with Crippen molar-refractivity contribution in [2.45, 2.75) is 33.2 Å². The smallest absolute Gasteiger partial charge is 0.171 e. The van der Waals surface area contributed by atoms with E-state index >= 15 is 0 Å². The molecule has 0 radical (unpaired) electrons. The molecule has 0 unspecified atom stereocenters. The van der Waals surface area contributed by atoms with Gasteiger partial charge in [-0.25, -0.2) is 0 Å². The predicted molar refractivity (Wildman–Crippen MR) is 106 cm³/mol. The molecule has 0 aliphatic rings. The van der Waals surface area contributed by atoms with Gasteiger partial charge < -0.3 is 15.4 Å². The van der Waals surface area contributed by atoms with Gasteiger partial charge in [-0.3, -0.25) is 0 Å². The average Bonchev–Trinajstić information content (AvgIpc) is 2.56. The SMILES string of the molecule is COc1ccc([C@@H](CC(C)C)NC(=S)Nc2ccc(C)cc2)cc1. The Morgan fingerprint density at radius 1 is 1.04 bits per heavy atom. The van der Waals surface area contributed by atoms with Crippen molar-refractivity contribution in [3.8, 4) is 5.75 Å². The fourth-order valence-corrected chi connectivity index (χ4v) is 2.81. The fraction of sp³-hybridized carbons (Fsp3) is 0.350. The van der Waals surface area contributed by atoms with Gasteiger partial charge in [-0.15, -0.1) is 0 Å². The van der Waals surface area contributed by atoms with Crippen LogP contribution in [0.5, 0.6) is 5.75 Å². The summed E-state index contributed by atoms with van der Waals surface area (Å²) in [5.41, 5.74) is 3.43. The Hall–Kier alpha value is -2.07. The topological polar surface area (TPSA) is 33.3 Å². The maximum Gasteiger partial charge on any atom is 0.171 e. The molecule has 0 aromatic heterocycles. The normalized spacial score (nSPS) is 11.9. The van der Waals surface area contributed by atoms with Crippen LogP contribution in [0.3, 0.4) is 0 Å². The van der Waals surface area contributed by atoms with Crippen LogP contribution in [0.4, 0.5) is 5.69 Å². The van der Waals surface area contributed by atoms with Crippen LogP contribution in [0.2, 0.25) is 0 Å². The van der Waals surface area contributed by atoms with Crippen LogP contribution in [0.25, 0.3) is 0 Å². The summed E-state index contributed by atoms with van der Waals surface area (Å²) in [5, 5.41) is 7.34. The third kappa shape index (κ3) is 5.53. The van der Waals surface area contributed by atoms with Crippen LogP contribution >= 0.6 is 12.2 Å². The Kier molecular flexibility index (Phi) is 6.62. The van der Waals surface area contributed by atoms with Crippen LogP contribution in [0.15, 0.2) is 48.5 Å². The molecule has 0 aliphatic carbocycles. The summed E-state index contributed by atoms with van der Waals surface area (Å²) in [4.78, 5) is 0. The number of rotatable bonds is 6. The maximum absolute atomic E-state index is 5.50. The number of methoxy groups -OCH3 is 1. The van der Waals surface area contributed by atoms with E-state index in [9.17, 15) is 0 Å². The standard InChI is InChI=1S/C20H26N2OS/c1-14(2)13-19(16-7-11-18(23-4)12-8-16)22-20(24)21-17-9-5-15(3)6-10-17/h5-12,14,19H,13H2,1-4H3,(H2,21,22,24)/t19-/m1/s1. The van der Waals surface area contributed by atoms with Crippen molar-refractivity contribution in [3.05, 3.63) is 59.7 Å². The second kappa shape index (κ2) is 8.69. The van der Waals surface area contributed by atoms with Gasteiger partial charge in [0.1, 0.15) is 5.75 Å². The highest BCUT2D eigenvalue weighted by Gasteiger charge is 2.15. The first-order valence-electron chi connectivity index (χ1n) is 8.26. The van der Waals surface area contributed by atoms with Crippen LogP contribution in [0.1, 0.15) is 37.4 Å². The van der Waals surface area contributed by atoms with E-state index in [-0.39, 0.29) is 6.04 Å². The summed E-state index contributed by atoms with van der Waals surface area (Å²) in [6.45, 7) is 6.51. The lowest BCUT2D eigenvalue weighted by molar-refractivity contribution is 0.414. The minimum Gasteiger partial charge on any atom is -0.497 e. The number of hydrogen-bond acceptors (Lipinski definition) is 2. The van der Waals surface area contributed by atoms with Gasteiger partial charge >= 0.3 is 0 Å². The molecule has 0 spiro atoms. The van der Waals surface area contributed by atoms with Gasteiger partial charge in [-0.2, -0.15) is 0 Å². The molecule has 0 saturated carbocycles. The Balaban J connectivity index is 2.06. The molecule has 2 N–H and O–H groups in total. The van der Waals surface area contributed by atoms with Gasteiger partial charge in [0, 0.05) is 5.69 Å². The van der Waals surface area contributed by atoms with E-state index in [0.717, 1.165) is 17.9 Å². The second-order valence-electron chi connectivity index (χ2n) is 6.42. The first-order chi connectivity index (χ1) is 11.5. The summed E-state index contributed by atoms with van der Waals surface area (Å²) < 4.78 is 5.24. The number of benzene rings is 2. The highest BCUT2D eigenvalue weighted by molar-refractivity contribution is 7.80. The number of aryl methyl sites for hydroxylation is 1. The first-order valence-corrected chi connectivity index (χ1v) is 8.67. The zero-order valence-electron chi connectivity index (χ0n) is 14.8. The molecule has 0 aliphatic heterocycles. The Labute approximate surface area is 150 Å². The molecule has 2 rings (SSSR count). The molecule has 24 heavy (non-hydrogen) atoms. The van der Waals surface area contributed by atoms with E-state index in [1.807, 2.05) is 24.3 Å². The van der Waals surface area contributed by atoms with E-state index in [2.05, 4.69) is 55.7 Å². The third-order valence-electron chi connectivity index (χ3n) is 3.84. The number of anilines is 1. The molecule has 0 heterocycles. The number of ether oxygens (including phenoxy) is 1. The molecule has 128 valence electrons. The molecule has 1 atom stereocenters. The number of nitrogens with one attached hydrogen (secondary N) is 2. The summed E-state index contributed by atoms with van der Waals surface area (Å²) in [6.07, 6.45) is 1.00. The van der Waals surface area contributed by atoms with E-state index in [1.165, 1.54) is 11.1 Å². The zero-order chi connectivity index (χ0) is 17.5. The van der Waals surface area contributed by atoms with Crippen LogP contribution < -0.4 is 15.4 Å². The molecule has 0 bridgehead atoms. The summed E-state index contributed by atoms with van der Waals surface area (Å²) >= 11 is 5.50. The monoisotopic (exact) mass is 342 g/mol. The lowest BCUT2D eigenvalue weighted by Gasteiger charge is -2.23. The van der Waals surface area contributed by atoms with Crippen LogP contribution in [-0.2, 0) is 0 Å². The molecule has 2 aromatic rings. The average molecular weight is 343 g/mol. The Morgan fingerprint density at radius 3 is 2.21 bits per heavy atom. The minimum absolute atomic E-state index is 0.168. The highest BCUT2D eigenvalue weighted by atomic mass is 32.1. The largest absolute Gasteiger partial charge is 0.497 e. The molecule has 3 nitrogen and oxygen atoms in total. The van der Waals surface area contributed by atoms with Gasteiger partial charge in [0.15, 0.2) is 5.11 Å². The molecule has 4 heteroatoms. The Morgan fingerprint density at radius 2 is 1.67 bits per heavy atom. The Bertz CT molecular complexity index is 650. The van der Waals surface area contributed by atoms with Crippen LogP contribution in [0, 0.1) is 12.8 Å². The number of hydrogen-bond donors (Lipinski definition) is 2. The minimum atomic E-state index is 0.168. The van der Waals surface area contributed by atoms with Crippen molar-refractivity contribution in [3.63, 3.8) is 0 Å². The van der Waals surface area contributed by atoms with Gasteiger partial charge in [-0.1, -0.05) is 43.7 Å². The van der Waals surface area contributed by atoms with E-state index < -0.39 is 0 Å². The fourth-order valence-electron chi connectivity index (χ4n) is 2.55. The van der Waals surface area contributed by atoms with Crippen molar-refractivity contribution in [1.82, 2.24) is 5.32 Å². The van der Waals surface area contributed by atoms with Gasteiger partial charge in [0.2, 0.25) is 0 Å². The quantitative estimate of drug-likeness (QED) is 0.718. The van der Waals surface area contributed by atoms with Crippen molar-refractivity contribution < 1.29 is 4.74 Å². The number of thiocarbonyl (C=S) groups is 1. The lowest BCUT2D eigenvalue weighted by Crippen LogP contribution is -2.33. The van der Waals surface area contributed by atoms with Crippen molar-refractivity contribution >= 4 is 23.0 Å². The second-order valence-corrected chi connectivity index (χ2v) is 6.83. The molecule has 0 saturated heterocycles.